The van der Waals surface area contributed by atoms with Gasteiger partial charge in [-0.2, -0.15) is 5.10 Å². The van der Waals surface area contributed by atoms with Gasteiger partial charge in [0.05, 0.1) is 24.7 Å². The molecule has 0 saturated heterocycles. The zero-order chi connectivity index (χ0) is 24.9. The van der Waals surface area contributed by atoms with Gasteiger partial charge in [-0.1, -0.05) is 42.5 Å². The van der Waals surface area contributed by atoms with Crippen molar-refractivity contribution >= 4 is 22.5 Å². The first-order valence-electron chi connectivity index (χ1n) is 11.6. The number of ether oxygens (including phenoxy) is 1. The SMILES string of the molecule is O=C(Cc1ccc(OCc2ccccc2)cc1)Nc1ccc2cnn(CCn3c(O)ccc3O)c2c1. The Kier molecular flexibility index (Phi) is 6.57. The molecule has 0 saturated carbocycles. The minimum Gasteiger partial charge on any atom is -0.494 e. The summed E-state index contributed by atoms with van der Waals surface area (Å²) >= 11 is 0. The van der Waals surface area contributed by atoms with Crippen LogP contribution in [-0.4, -0.2) is 30.5 Å². The Labute approximate surface area is 208 Å². The molecule has 36 heavy (non-hydrogen) atoms. The van der Waals surface area contributed by atoms with Gasteiger partial charge in [0, 0.05) is 29.8 Å². The largest absolute Gasteiger partial charge is 0.494 e. The first-order chi connectivity index (χ1) is 17.5. The second kappa shape index (κ2) is 10.3. The molecule has 182 valence electrons. The molecule has 1 amide bonds. The molecular weight excluding hydrogens is 456 g/mol. The average Bonchev–Trinajstić information content (AvgIpc) is 3.44. The summed E-state index contributed by atoms with van der Waals surface area (Å²) < 4.78 is 8.99. The number of rotatable bonds is 9. The number of nitrogens with one attached hydrogen (secondary N) is 1. The van der Waals surface area contributed by atoms with E-state index in [9.17, 15) is 15.0 Å². The van der Waals surface area contributed by atoms with Crippen LogP contribution in [0.15, 0.2) is 91.1 Å². The lowest BCUT2D eigenvalue weighted by Gasteiger charge is -2.10. The van der Waals surface area contributed by atoms with Crippen LogP contribution in [0.5, 0.6) is 17.5 Å². The van der Waals surface area contributed by atoms with E-state index in [2.05, 4.69) is 10.4 Å². The topological polar surface area (TPSA) is 102 Å². The molecule has 0 bridgehead atoms. The number of aryl methyl sites for hydroxylation is 1. The highest BCUT2D eigenvalue weighted by Gasteiger charge is 2.10. The van der Waals surface area contributed by atoms with E-state index < -0.39 is 0 Å². The molecule has 0 aliphatic rings. The lowest BCUT2D eigenvalue weighted by molar-refractivity contribution is -0.115. The summed E-state index contributed by atoms with van der Waals surface area (Å²) in [7, 11) is 0. The van der Waals surface area contributed by atoms with Gasteiger partial charge in [0.25, 0.3) is 0 Å². The van der Waals surface area contributed by atoms with E-state index in [1.807, 2.05) is 72.8 Å². The molecule has 0 aliphatic carbocycles. The zero-order valence-corrected chi connectivity index (χ0v) is 19.5. The highest BCUT2D eigenvalue weighted by Crippen LogP contribution is 2.23. The summed E-state index contributed by atoms with van der Waals surface area (Å²) in [5, 5.41) is 28.0. The molecule has 5 aromatic rings. The van der Waals surface area contributed by atoms with Gasteiger partial charge in [0.1, 0.15) is 12.4 Å². The fourth-order valence-electron chi connectivity index (χ4n) is 4.03. The summed E-state index contributed by atoms with van der Waals surface area (Å²) in [5.74, 6) is 0.615. The van der Waals surface area contributed by atoms with Crippen LogP contribution in [0.1, 0.15) is 11.1 Å². The number of benzene rings is 3. The van der Waals surface area contributed by atoms with Crippen molar-refractivity contribution in [1.29, 1.82) is 0 Å². The quantitative estimate of drug-likeness (QED) is 0.282. The maximum absolute atomic E-state index is 12.7. The zero-order valence-electron chi connectivity index (χ0n) is 19.5. The Morgan fingerprint density at radius 2 is 1.61 bits per heavy atom. The Hall–Kier alpha value is -4.72. The number of aromatic hydroxyl groups is 2. The number of anilines is 1. The third-order valence-electron chi connectivity index (χ3n) is 5.93. The Morgan fingerprint density at radius 1 is 0.861 bits per heavy atom. The van der Waals surface area contributed by atoms with Crippen LogP contribution < -0.4 is 10.1 Å². The van der Waals surface area contributed by atoms with Crippen molar-refractivity contribution in [3.8, 4) is 17.5 Å². The number of carbonyl (C=O) groups is 1. The number of nitrogens with zero attached hydrogens (tertiary/aromatic N) is 3. The first-order valence-corrected chi connectivity index (χ1v) is 11.6. The lowest BCUT2D eigenvalue weighted by Crippen LogP contribution is -2.14. The van der Waals surface area contributed by atoms with Crippen LogP contribution in [-0.2, 0) is 30.9 Å². The van der Waals surface area contributed by atoms with Gasteiger partial charge in [0.2, 0.25) is 5.91 Å². The van der Waals surface area contributed by atoms with E-state index in [1.54, 1.807) is 10.9 Å². The van der Waals surface area contributed by atoms with Gasteiger partial charge < -0.3 is 20.3 Å². The molecule has 8 heteroatoms. The van der Waals surface area contributed by atoms with Crippen molar-refractivity contribution in [3.63, 3.8) is 0 Å². The Bertz CT molecular complexity index is 1450. The van der Waals surface area contributed by atoms with Crippen molar-refractivity contribution in [1.82, 2.24) is 14.3 Å². The summed E-state index contributed by atoms with van der Waals surface area (Å²) in [6, 6.07) is 26.0. The lowest BCUT2D eigenvalue weighted by atomic mass is 10.1. The van der Waals surface area contributed by atoms with Crippen molar-refractivity contribution in [2.45, 2.75) is 26.1 Å². The Morgan fingerprint density at radius 3 is 2.36 bits per heavy atom. The maximum atomic E-state index is 12.7. The standard InChI is InChI=1S/C28H26N4O4/c33-26(16-20-6-10-24(11-7-20)36-19-21-4-2-1-3-5-21)30-23-9-8-22-18-29-32(25(22)17-23)15-14-31-27(34)12-13-28(31)35/h1-13,17-18,34-35H,14-16,19H2,(H,30,33). The summed E-state index contributed by atoms with van der Waals surface area (Å²) in [6.45, 7) is 1.28. The first kappa shape index (κ1) is 23.0. The number of hydrogen-bond acceptors (Lipinski definition) is 5. The maximum Gasteiger partial charge on any atom is 0.228 e. The van der Waals surface area contributed by atoms with Crippen molar-refractivity contribution in [3.05, 3.63) is 102 Å². The molecule has 2 aromatic heterocycles. The second-order valence-corrected chi connectivity index (χ2v) is 8.49. The molecule has 0 aliphatic heterocycles. The second-order valence-electron chi connectivity index (χ2n) is 8.49. The normalized spacial score (nSPS) is 11.0. The fraction of sp³-hybridized carbons (Fsp3) is 0.143. The van der Waals surface area contributed by atoms with Crippen LogP contribution in [0.4, 0.5) is 5.69 Å². The molecule has 0 spiro atoms. The molecule has 0 atom stereocenters. The molecule has 2 heterocycles. The highest BCUT2D eigenvalue weighted by atomic mass is 16.5. The molecule has 8 nitrogen and oxygen atoms in total. The average molecular weight is 483 g/mol. The smallest absolute Gasteiger partial charge is 0.228 e. The summed E-state index contributed by atoms with van der Waals surface area (Å²) in [6.07, 6.45) is 1.99. The molecule has 3 aromatic carbocycles. The van der Waals surface area contributed by atoms with Crippen LogP contribution in [0.25, 0.3) is 10.9 Å². The monoisotopic (exact) mass is 482 g/mol. The van der Waals surface area contributed by atoms with E-state index in [4.69, 9.17) is 4.74 Å². The van der Waals surface area contributed by atoms with E-state index in [0.717, 1.165) is 27.8 Å². The van der Waals surface area contributed by atoms with Gasteiger partial charge in [-0.15, -0.1) is 0 Å². The molecule has 5 rings (SSSR count). The van der Waals surface area contributed by atoms with Gasteiger partial charge >= 0.3 is 0 Å². The van der Waals surface area contributed by atoms with Crippen LogP contribution in [0.3, 0.4) is 0 Å². The van der Waals surface area contributed by atoms with Gasteiger partial charge in [0.15, 0.2) is 11.8 Å². The molecule has 3 N–H and O–H groups in total. The van der Waals surface area contributed by atoms with Crippen molar-refractivity contribution in [2.24, 2.45) is 0 Å². The predicted octanol–water partition coefficient (Wildman–Crippen LogP) is 4.71. The van der Waals surface area contributed by atoms with E-state index in [0.29, 0.717) is 25.4 Å². The van der Waals surface area contributed by atoms with E-state index >= 15 is 0 Å². The summed E-state index contributed by atoms with van der Waals surface area (Å²) in [5.41, 5.74) is 3.50. The van der Waals surface area contributed by atoms with E-state index in [1.165, 1.54) is 16.7 Å². The predicted molar refractivity (Wildman–Crippen MR) is 137 cm³/mol. The number of carbonyl (C=O) groups excluding carboxylic acids is 1. The van der Waals surface area contributed by atoms with Crippen molar-refractivity contribution < 1.29 is 19.7 Å². The molecule has 0 radical (unpaired) electrons. The number of aromatic nitrogens is 3. The minimum atomic E-state index is -0.124. The van der Waals surface area contributed by atoms with Crippen LogP contribution in [0, 0.1) is 0 Å². The Balaban J connectivity index is 1.19. The molecule has 0 fully saturated rings. The number of hydrogen-bond donors (Lipinski definition) is 3. The van der Waals surface area contributed by atoms with Gasteiger partial charge in [-0.25, -0.2) is 0 Å². The number of amides is 1. The van der Waals surface area contributed by atoms with E-state index in [-0.39, 0.29) is 24.1 Å². The van der Waals surface area contributed by atoms with Crippen LogP contribution >= 0.6 is 0 Å². The number of fused-ring (bicyclic) bond motifs is 1. The van der Waals surface area contributed by atoms with Crippen molar-refractivity contribution in [2.75, 3.05) is 5.32 Å². The van der Waals surface area contributed by atoms with Gasteiger partial charge in [-0.3, -0.25) is 14.0 Å². The van der Waals surface area contributed by atoms with Crippen LogP contribution in [0.2, 0.25) is 0 Å². The summed E-state index contributed by atoms with van der Waals surface area (Å²) in [4.78, 5) is 12.7. The third-order valence-corrected chi connectivity index (χ3v) is 5.93. The molecule has 0 unspecified atom stereocenters. The minimum absolute atomic E-state index is 0.00676. The highest BCUT2D eigenvalue weighted by molar-refractivity contribution is 5.94. The van der Waals surface area contributed by atoms with Gasteiger partial charge in [-0.05, 0) is 41.5 Å². The fourth-order valence-corrected chi connectivity index (χ4v) is 4.03. The third kappa shape index (κ3) is 5.33. The molecular formula is C28H26N4O4.